The van der Waals surface area contributed by atoms with Crippen molar-refractivity contribution in [1.82, 2.24) is 25.9 Å². The Bertz CT molecular complexity index is 1540. The first-order valence-electron chi connectivity index (χ1n) is 20.8. The number of ether oxygens (including phenoxy) is 2. The summed E-state index contributed by atoms with van der Waals surface area (Å²) in [5.41, 5.74) is -0.944. The summed E-state index contributed by atoms with van der Waals surface area (Å²) in [6, 6.07) is 7.60. The van der Waals surface area contributed by atoms with E-state index in [1.165, 1.54) is 5.06 Å². The third-order valence-electron chi connectivity index (χ3n) is 10.6. The van der Waals surface area contributed by atoms with Crippen molar-refractivity contribution in [3.05, 3.63) is 48.0 Å². The number of amides is 4. The van der Waals surface area contributed by atoms with Gasteiger partial charge in [0.05, 0.1) is 29.5 Å². The average molecular weight is 798 g/mol. The van der Waals surface area contributed by atoms with Crippen molar-refractivity contribution in [3.8, 4) is 0 Å². The minimum absolute atomic E-state index is 0.130. The summed E-state index contributed by atoms with van der Waals surface area (Å²) in [4.78, 5) is 69.1. The maximum absolute atomic E-state index is 14.4. The van der Waals surface area contributed by atoms with Gasteiger partial charge in [0.2, 0.25) is 17.7 Å². The second-order valence-corrected chi connectivity index (χ2v) is 18.6. The molecule has 0 aromatic heterocycles. The van der Waals surface area contributed by atoms with Crippen LogP contribution in [0.25, 0.3) is 0 Å². The molecule has 4 N–H and O–H groups in total. The van der Waals surface area contributed by atoms with Crippen molar-refractivity contribution < 1.29 is 38.7 Å². The molecule has 0 saturated carbocycles. The molecule has 0 radical (unpaired) electrons. The standard InChI is InChI=1S/C44H71N5O8/c1-29(2)26-33(46-41(54)57-42(5,6)7)23-22-32(27-31-18-13-12-14-19-31)39(52)48-25-17-21-36(48)38(51)47-35(40(53)56-30(3)4)20-15-16-24-45-37(50)34-28-43(8,9)49(55)44(34,10)11/h12-14,18-19,22-23,29-30,32-36,55H,15-17,20-21,24-28H2,1-11H3,(H,45,50)(H,46,54)(H,47,51)/b23-22+/t32?,33?,34?,35?,36-/m0/s1. The zero-order valence-corrected chi connectivity index (χ0v) is 36.4. The highest BCUT2D eigenvalue weighted by Gasteiger charge is 2.54. The Labute approximate surface area is 341 Å². The van der Waals surface area contributed by atoms with Crippen molar-refractivity contribution in [3.63, 3.8) is 0 Å². The van der Waals surface area contributed by atoms with Gasteiger partial charge in [-0.25, -0.2) is 9.59 Å². The maximum Gasteiger partial charge on any atom is 0.408 e. The van der Waals surface area contributed by atoms with E-state index < -0.39 is 52.7 Å². The van der Waals surface area contributed by atoms with Crippen LogP contribution in [0.2, 0.25) is 0 Å². The van der Waals surface area contributed by atoms with E-state index in [9.17, 15) is 29.2 Å². The summed E-state index contributed by atoms with van der Waals surface area (Å²) in [5.74, 6) is -2.04. The SMILES string of the molecule is CC(C)CC(/C=C/C(Cc1ccccc1)C(=O)N1CCC[C@H]1C(=O)NC(CCCCNC(=O)C1CC(C)(C)N(O)C1(C)C)C(=O)OC(C)C)NC(=O)OC(C)(C)C. The van der Waals surface area contributed by atoms with Crippen LogP contribution in [0.5, 0.6) is 0 Å². The van der Waals surface area contributed by atoms with E-state index in [1.54, 1.807) is 39.5 Å². The number of hydroxylamine groups is 2. The van der Waals surface area contributed by atoms with Crippen LogP contribution in [-0.4, -0.2) is 99.0 Å². The number of esters is 1. The van der Waals surface area contributed by atoms with Gasteiger partial charge >= 0.3 is 12.1 Å². The van der Waals surface area contributed by atoms with Gasteiger partial charge in [0.15, 0.2) is 0 Å². The van der Waals surface area contributed by atoms with Crippen LogP contribution < -0.4 is 16.0 Å². The van der Waals surface area contributed by atoms with Gasteiger partial charge in [-0.15, -0.1) is 0 Å². The van der Waals surface area contributed by atoms with Crippen LogP contribution in [0, 0.1) is 17.8 Å². The fraction of sp³-hybridized carbons (Fsp3) is 0.705. The molecule has 1 aromatic carbocycles. The maximum atomic E-state index is 14.4. The van der Waals surface area contributed by atoms with E-state index in [-0.39, 0.29) is 35.8 Å². The van der Waals surface area contributed by atoms with Gasteiger partial charge in [-0.1, -0.05) is 56.3 Å². The summed E-state index contributed by atoms with van der Waals surface area (Å²) >= 11 is 0. The molecule has 0 spiro atoms. The number of unbranched alkanes of at least 4 members (excludes halogenated alkanes) is 1. The number of likely N-dealkylation sites (tertiary alicyclic amines) is 1. The fourth-order valence-electron chi connectivity index (χ4n) is 7.86. The van der Waals surface area contributed by atoms with Gasteiger partial charge in [0, 0.05) is 18.6 Å². The molecule has 2 heterocycles. The third kappa shape index (κ3) is 14.4. The van der Waals surface area contributed by atoms with Crippen LogP contribution in [-0.2, 0) is 35.1 Å². The lowest BCUT2D eigenvalue weighted by atomic mass is 9.86. The number of rotatable bonds is 18. The quantitative estimate of drug-likeness (QED) is 0.0755. The van der Waals surface area contributed by atoms with Crippen LogP contribution >= 0.6 is 0 Å². The van der Waals surface area contributed by atoms with E-state index in [4.69, 9.17) is 9.47 Å². The van der Waals surface area contributed by atoms with E-state index in [2.05, 4.69) is 29.8 Å². The summed E-state index contributed by atoms with van der Waals surface area (Å²) in [6.45, 7) is 21.3. The van der Waals surface area contributed by atoms with Crippen molar-refractivity contribution in [2.75, 3.05) is 13.1 Å². The average Bonchev–Trinajstić information content (AvgIpc) is 3.65. The number of nitrogens with one attached hydrogen (secondary N) is 3. The molecule has 4 amide bonds. The molecule has 13 nitrogen and oxygen atoms in total. The smallest absolute Gasteiger partial charge is 0.408 e. The number of carbonyl (C=O) groups is 5. The predicted octanol–water partition coefficient (Wildman–Crippen LogP) is 6.32. The summed E-state index contributed by atoms with van der Waals surface area (Å²) in [5, 5.41) is 20.7. The number of nitrogens with zero attached hydrogens (tertiary/aromatic N) is 2. The molecule has 0 aliphatic carbocycles. The van der Waals surface area contributed by atoms with Crippen molar-refractivity contribution in [2.24, 2.45) is 17.8 Å². The fourth-order valence-corrected chi connectivity index (χ4v) is 7.86. The predicted molar refractivity (Wildman–Crippen MR) is 220 cm³/mol. The van der Waals surface area contributed by atoms with Crippen molar-refractivity contribution in [1.29, 1.82) is 0 Å². The first-order chi connectivity index (χ1) is 26.5. The molecule has 1 aromatic rings. The first kappa shape index (κ1) is 47.4. The van der Waals surface area contributed by atoms with E-state index in [1.807, 2.05) is 70.2 Å². The second-order valence-electron chi connectivity index (χ2n) is 18.6. The number of hydrogen-bond donors (Lipinski definition) is 4. The van der Waals surface area contributed by atoms with Gasteiger partial charge in [0.1, 0.15) is 17.7 Å². The molecule has 2 aliphatic heterocycles. The molecule has 5 atom stereocenters. The largest absolute Gasteiger partial charge is 0.461 e. The minimum Gasteiger partial charge on any atom is -0.461 e. The lowest BCUT2D eigenvalue weighted by Crippen LogP contribution is -2.52. The van der Waals surface area contributed by atoms with Crippen LogP contribution in [0.4, 0.5) is 4.79 Å². The lowest BCUT2D eigenvalue weighted by Gasteiger charge is -2.35. The monoisotopic (exact) mass is 798 g/mol. The number of carbonyl (C=O) groups excluding carboxylic acids is 5. The molecule has 4 unspecified atom stereocenters. The van der Waals surface area contributed by atoms with E-state index in [0.717, 1.165) is 5.56 Å². The minimum atomic E-state index is -0.929. The first-order valence-corrected chi connectivity index (χ1v) is 20.8. The van der Waals surface area contributed by atoms with Crippen LogP contribution in [0.15, 0.2) is 42.5 Å². The van der Waals surface area contributed by atoms with Gasteiger partial charge in [-0.05, 0) is 125 Å². The van der Waals surface area contributed by atoms with Crippen molar-refractivity contribution >= 4 is 29.8 Å². The number of benzene rings is 1. The zero-order valence-electron chi connectivity index (χ0n) is 36.4. The normalized spacial score (nSPS) is 21.0. The summed E-state index contributed by atoms with van der Waals surface area (Å²) < 4.78 is 11.0. The molecule has 320 valence electrons. The second kappa shape index (κ2) is 20.6. The van der Waals surface area contributed by atoms with E-state index >= 15 is 0 Å². The Balaban J connectivity index is 1.72. The molecule has 0 bridgehead atoms. The Kier molecular flexibility index (Phi) is 17.2. The highest BCUT2D eigenvalue weighted by molar-refractivity contribution is 5.92. The number of hydrogen-bond acceptors (Lipinski definition) is 9. The molecule has 13 heteroatoms. The van der Waals surface area contributed by atoms with Gasteiger partial charge < -0.3 is 35.5 Å². The Morgan fingerprint density at radius 2 is 1.61 bits per heavy atom. The Morgan fingerprint density at radius 1 is 0.947 bits per heavy atom. The van der Waals surface area contributed by atoms with Crippen molar-refractivity contribution in [2.45, 2.75) is 168 Å². The summed E-state index contributed by atoms with van der Waals surface area (Å²) in [7, 11) is 0. The molecule has 2 saturated heterocycles. The molecule has 2 fully saturated rings. The Morgan fingerprint density at radius 3 is 2.19 bits per heavy atom. The summed E-state index contributed by atoms with van der Waals surface area (Å²) in [6.07, 6.45) is 6.79. The highest BCUT2D eigenvalue weighted by atomic mass is 16.6. The molecular formula is C44H71N5O8. The molecule has 57 heavy (non-hydrogen) atoms. The molecular weight excluding hydrogens is 727 g/mol. The van der Waals surface area contributed by atoms with Gasteiger partial charge in [-0.3, -0.25) is 14.4 Å². The van der Waals surface area contributed by atoms with Crippen LogP contribution in [0.1, 0.15) is 127 Å². The Hall–Kier alpha value is -3.97. The van der Waals surface area contributed by atoms with Crippen LogP contribution in [0.3, 0.4) is 0 Å². The molecule has 2 aliphatic rings. The zero-order chi connectivity index (χ0) is 42.7. The highest BCUT2D eigenvalue weighted by Crippen LogP contribution is 2.43. The van der Waals surface area contributed by atoms with Gasteiger partial charge in [-0.2, -0.15) is 5.06 Å². The molecule has 3 rings (SSSR count). The van der Waals surface area contributed by atoms with Gasteiger partial charge in [0.25, 0.3) is 0 Å². The van der Waals surface area contributed by atoms with E-state index in [0.29, 0.717) is 64.5 Å². The lowest BCUT2D eigenvalue weighted by molar-refractivity contribution is -0.197. The third-order valence-corrected chi connectivity index (χ3v) is 10.6. The topological polar surface area (TPSA) is 167 Å². The number of alkyl carbamates (subject to hydrolysis) is 1.